The van der Waals surface area contributed by atoms with Crippen molar-refractivity contribution in [3.05, 3.63) is 23.5 Å². The lowest BCUT2D eigenvalue weighted by Gasteiger charge is -2.10. The zero-order chi connectivity index (χ0) is 10.0. The van der Waals surface area contributed by atoms with Crippen LogP contribution in [0.2, 0.25) is 0 Å². The number of hydrogen-bond donors (Lipinski definition) is 3. The molecule has 1 rings (SSSR count). The van der Waals surface area contributed by atoms with Crippen molar-refractivity contribution in [2.45, 2.75) is 19.4 Å². The number of hydrogen-bond acceptors (Lipinski definition) is 3. The van der Waals surface area contributed by atoms with Gasteiger partial charge >= 0.3 is 0 Å². The largest absolute Gasteiger partial charge is 0.506 e. The third-order valence-electron chi connectivity index (χ3n) is 2.00. The second-order valence-corrected chi connectivity index (χ2v) is 2.95. The first-order valence-electron chi connectivity index (χ1n) is 4.09. The van der Waals surface area contributed by atoms with E-state index in [0.717, 1.165) is 0 Å². The van der Waals surface area contributed by atoms with Crippen molar-refractivity contribution in [1.82, 2.24) is 0 Å². The molecule has 0 aliphatic heterocycles. The highest BCUT2D eigenvalue weighted by Gasteiger charge is 2.10. The molecule has 0 bridgehead atoms. The van der Waals surface area contributed by atoms with E-state index in [4.69, 9.17) is 11.5 Å². The molecule has 0 radical (unpaired) electrons. The van der Waals surface area contributed by atoms with Crippen molar-refractivity contribution >= 4 is 5.69 Å². The van der Waals surface area contributed by atoms with Gasteiger partial charge in [0.05, 0.1) is 0 Å². The second-order valence-electron chi connectivity index (χ2n) is 2.95. The maximum absolute atomic E-state index is 13.0. The number of benzene rings is 1. The van der Waals surface area contributed by atoms with E-state index in [1.54, 1.807) is 0 Å². The minimum absolute atomic E-state index is 0.230. The summed E-state index contributed by atoms with van der Waals surface area (Å²) < 4.78 is 13.0. The van der Waals surface area contributed by atoms with Crippen LogP contribution in [-0.2, 0) is 0 Å². The summed E-state index contributed by atoms with van der Waals surface area (Å²) in [6.07, 6.45) is 0.683. The summed E-state index contributed by atoms with van der Waals surface area (Å²) in [7, 11) is 0. The summed E-state index contributed by atoms with van der Waals surface area (Å²) in [4.78, 5) is 0. The lowest BCUT2D eigenvalue weighted by molar-refractivity contribution is 0.470. The molecule has 0 heterocycles. The Morgan fingerprint density at radius 3 is 2.62 bits per heavy atom. The molecular weight excluding hydrogens is 171 g/mol. The van der Waals surface area contributed by atoms with Crippen molar-refractivity contribution in [2.24, 2.45) is 5.73 Å². The second kappa shape index (κ2) is 3.62. The van der Waals surface area contributed by atoms with Crippen LogP contribution in [0.5, 0.6) is 5.75 Å². The average Bonchev–Trinajstić information content (AvgIpc) is 2.12. The number of aromatic hydroxyl groups is 1. The number of nitrogen functional groups attached to an aromatic ring is 1. The van der Waals surface area contributed by atoms with E-state index in [1.807, 2.05) is 6.92 Å². The summed E-state index contributed by atoms with van der Waals surface area (Å²) >= 11 is 0. The van der Waals surface area contributed by atoms with Crippen LogP contribution in [0.1, 0.15) is 24.9 Å². The van der Waals surface area contributed by atoms with Gasteiger partial charge < -0.3 is 16.6 Å². The molecule has 0 saturated heterocycles. The van der Waals surface area contributed by atoms with Gasteiger partial charge in [0.25, 0.3) is 0 Å². The molecule has 1 aromatic carbocycles. The number of nitrogens with two attached hydrogens (primary N) is 2. The van der Waals surface area contributed by atoms with Crippen LogP contribution in [-0.4, -0.2) is 5.11 Å². The third-order valence-corrected chi connectivity index (χ3v) is 2.00. The number of rotatable bonds is 2. The van der Waals surface area contributed by atoms with E-state index < -0.39 is 5.82 Å². The van der Waals surface area contributed by atoms with Crippen LogP contribution in [0.15, 0.2) is 12.1 Å². The van der Waals surface area contributed by atoms with Gasteiger partial charge in [0.1, 0.15) is 17.3 Å². The van der Waals surface area contributed by atoms with Gasteiger partial charge in [0, 0.05) is 6.04 Å². The molecule has 3 nitrogen and oxygen atoms in total. The molecule has 0 amide bonds. The number of phenolic OH excluding ortho intramolecular Hbond substituents is 1. The highest BCUT2D eigenvalue weighted by Crippen LogP contribution is 2.27. The van der Waals surface area contributed by atoms with E-state index in [9.17, 15) is 9.50 Å². The van der Waals surface area contributed by atoms with Gasteiger partial charge in [-0.3, -0.25) is 0 Å². The Balaban J connectivity index is 3.13. The molecule has 0 aromatic heterocycles. The third kappa shape index (κ3) is 1.89. The van der Waals surface area contributed by atoms with Crippen molar-refractivity contribution < 1.29 is 9.50 Å². The van der Waals surface area contributed by atoms with E-state index in [2.05, 4.69) is 0 Å². The molecule has 0 spiro atoms. The van der Waals surface area contributed by atoms with E-state index in [-0.39, 0.29) is 17.5 Å². The van der Waals surface area contributed by atoms with Gasteiger partial charge in [-0.25, -0.2) is 4.39 Å². The molecule has 0 fully saturated rings. The molecular formula is C9H13FN2O. The fraction of sp³-hybridized carbons (Fsp3) is 0.333. The Morgan fingerprint density at radius 2 is 2.15 bits per heavy atom. The summed E-state index contributed by atoms with van der Waals surface area (Å²) in [5, 5.41) is 9.20. The smallest absolute Gasteiger partial charge is 0.150 e. The highest BCUT2D eigenvalue weighted by molar-refractivity contribution is 5.54. The minimum atomic E-state index is -0.626. The van der Waals surface area contributed by atoms with Crippen molar-refractivity contribution in [1.29, 1.82) is 0 Å². The van der Waals surface area contributed by atoms with Gasteiger partial charge in [0.15, 0.2) is 0 Å². The summed E-state index contributed by atoms with van der Waals surface area (Å²) in [5.74, 6) is -0.877. The molecule has 5 N–H and O–H groups in total. The standard InChI is InChI=1S/C9H13FN2O/c1-2-7(11)5-3-6(10)9(12)8(13)4-5/h3-4,7,13H,2,11-12H2,1H3. The normalized spacial score (nSPS) is 12.8. The molecule has 1 unspecified atom stereocenters. The van der Waals surface area contributed by atoms with Crippen LogP contribution >= 0.6 is 0 Å². The van der Waals surface area contributed by atoms with Crippen LogP contribution < -0.4 is 11.5 Å². The highest BCUT2D eigenvalue weighted by atomic mass is 19.1. The maximum Gasteiger partial charge on any atom is 0.150 e. The molecule has 1 atom stereocenters. The van der Waals surface area contributed by atoms with E-state index in [1.165, 1.54) is 12.1 Å². The Bertz CT molecular complexity index is 291. The first kappa shape index (κ1) is 9.80. The molecule has 0 aliphatic rings. The van der Waals surface area contributed by atoms with Gasteiger partial charge in [0.2, 0.25) is 0 Å². The van der Waals surface area contributed by atoms with Crippen molar-refractivity contribution in [3.63, 3.8) is 0 Å². The Labute approximate surface area is 76.2 Å². The lowest BCUT2D eigenvalue weighted by Crippen LogP contribution is -2.09. The average molecular weight is 184 g/mol. The Kier molecular flexibility index (Phi) is 2.72. The zero-order valence-corrected chi connectivity index (χ0v) is 7.42. The molecule has 1 aromatic rings. The van der Waals surface area contributed by atoms with Crippen LogP contribution in [0, 0.1) is 5.82 Å². The topological polar surface area (TPSA) is 72.3 Å². The van der Waals surface area contributed by atoms with Gasteiger partial charge in [-0.2, -0.15) is 0 Å². The van der Waals surface area contributed by atoms with Crippen LogP contribution in [0.3, 0.4) is 0 Å². The number of halogens is 1. The van der Waals surface area contributed by atoms with Crippen molar-refractivity contribution in [3.8, 4) is 5.75 Å². The van der Waals surface area contributed by atoms with Crippen molar-refractivity contribution in [2.75, 3.05) is 5.73 Å². The Morgan fingerprint density at radius 1 is 1.54 bits per heavy atom. The maximum atomic E-state index is 13.0. The lowest BCUT2D eigenvalue weighted by atomic mass is 10.0. The first-order valence-corrected chi connectivity index (χ1v) is 4.09. The fourth-order valence-corrected chi connectivity index (χ4v) is 1.07. The molecule has 0 aliphatic carbocycles. The van der Waals surface area contributed by atoms with Crippen LogP contribution in [0.25, 0.3) is 0 Å². The van der Waals surface area contributed by atoms with Gasteiger partial charge in [-0.1, -0.05) is 6.92 Å². The molecule has 13 heavy (non-hydrogen) atoms. The predicted molar refractivity (Wildman–Crippen MR) is 49.7 cm³/mol. The monoisotopic (exact) mass is 184 g/mol. The van der Waals surface area contributed by atoms with E-state index >= 15 is 0 Å². The fourth-order valence-electron chi connectivity index (χ4n) is 1.07. The number of phenols is 1. The molecule has 72 valence electrons. The predicted octanol–water partition coefficient (Wildman–Crippen LogP) is 1.52. The summed E-state index contributed by atoms with van der Waals surface area (Å²) in [6.45, 7) is 1.88. The van der Waals surface area contributed by atoms with Crippen LogP contribution in [0.4, 0.5) is 10.1 Å². The summed E-state index contributed by atoms with van der Waals surface area (Å²) in [6, 6.07) is 2.39. The van der Waals surface area contributed by atoms with Gasteiger partial charge in [-0.05, 0) is 24.1 Å². The minimum Gasteiger partial charge on any atom is -0.506 e. The van der Waals surface area contributed by atoms with E-state index in [0.29, 0.717) is 12.0 Å². The zero-order valence-electron chi connectivity index (χ0n) is 7.42. The first-order chi connectivity index (χ1) is 6.06. The molecule has 4 heteroatoms. The van der Waals surface area contributed by atoms with Gasteiger partial charge in [-0.15, -0.1) is 0 Å². The quantitative estimate of drug-likeness (QED) is 0.482. The summed E-state index contributed by atoms with van der Waals surface area (Å²) in [5.41, 5.74) is 11.2. The molecule has 0 saturated carbocycles. The Hall–Kier alpha value is -1.29. The number of anilines is 1. The SMILES string of the molecule is CCC(N)c1cc(O)c(N)c(F)c1.